The molecule has 0 aliphatic carbocycles. The molecule has 1 aromatic heterocycles. The van der Waals surface area contributed by atoms with Gasteiger partial charge in [0, 0.05) is 18.9 Å². The second-order valence-electron chi connectivity index (χ2n) is 3.63. The highest BCUT2D eigenvalue weighted by Gasteiger charge is 1.99. The summed E-state index contributed by atoms with van der Waals surface area (Å²) in [5.74, 6) is 1.14. The lowest BCUT2D eigenvalue weighted by molar-refractivity contribution is 0.556. The summed E-state index contributed by atoms with van der Waals surface area (Å²) in [6.07, 6.45) is 9.18. The van der Waals surface area contributed by atoms with E-state index >= 15 is 0 Å². The van der Waals surface area contributed by atoms with Gasteiger partial charge in [-0.15, -0.1) is 0 Å². The summed E-state index contributed by atoms with van der Waals surface area (Å²) in [6, 6.07) is 0. The Morgan fingerprint density at radius 1 is 1.36 bits per heavy atom. The average molecular weight is 195 g/mol. The van der Waals surface area contributed by atoms with Crippen molar-refractivity contribution in [2.75, 3.05) is 7.05 Å². The topological polar surface area (TPSA) is 29.9 Å². The molecule has 80 valence electrons. The predicted octanol–water partition coefficient (Wildman–Crippen LogP) is 2.18. The molecule has 0 radical (unpaired) electrons. The van der Waals surface area contributed by atoms with Crippen LogP contribution in [0.4, 0.5) is 0 Å². The number of rotatable bonds is 7. The summed E-state index contributed by atoms with van der Waals surface area (Å²) in [5, 5.41) is 3.13. The minimum atomic E-state index is 0.862. The van der Waals surface area contributed by atoms with E-state index in [1.807, 2.05) is 13.2 Å². The molecule has 1 rings (SSSR count). The summed E-state index contributed by atoms with van der Waals surface area (Å²) in [4.78, 5) is 4.31. The standard InChI is InChI=1S/C11H21N3/c1-3-4-5-6-8-14-9-7-13-11(14)10-12-2/h7,9,12H,3-6,8,10H2,1-2H3. The smallest absolute Gasteiger partial charge is 0.122 e. The van der Waals surface area contributed by atoms with Crippen LogP contribution >= 0.6 is 0 Å². The van der Waals surface area contributed by atoms with Gasteiger partial charge in [0.15, 0.2) is 0 Å². The van der Waals surface area contributed by atoms with E-state index in [-0.39, 0.29) is 0 Å². The Bertz CT molecular complexity index is 242. The quantitative estimate of drug-likeness (QED) is 0.676. The lowest BCUT2D eigenvalue weighted by atomic mass is 10.2. The molecule has 0 atom stereocenters. The zero-order chi connectivity index (χ0) is 10.2. The van der Waals surface area contributed by atoms with E-state index in [9.17, 15) is 0 Å². The third kappa shape index (κ3) is 3.50. The van der Waals surface area contributed by atoms with Crippen molar-refractivity contribution in [3.05, 3.63) is 18.2 Å². The number of nitrogens with one attached hydrogen (secondary N) is 1. The van der Waals surface area contributed by atoms with Crippen LogP contribution in [0, 0.1) is 0 Å². The highest BCUT2D eigenvalue weighted by molar-refractivity contribution is 4.91. The largest absolute Gasteiger partial charge is 0.334 e. The molecule has 0 unspecified atom stereocenters. The molecule has 14 heavy (non-hydrogen) atoms. The van der Waals surface area contributed by atoms with Crippen molar-refractivity contribution in [2.45, 2.75) is 45.7 Å². The van der Waals surface area contributed by atoms with E-state index in [0.717, 1.165) is 18.9 Å². The molecule has 3 heteroatoms. The van der Waals surface area contributed by atoms with Gasteiger partial charge in [0.25, 0.3) is 0 Å². The molecular formula is C11H21N3. The Kier molecular flexibility index (Phi) is 5.30. The maximum absolute atomic E-state index is 4.31. The number of nitrogens with zero attached hydrogens (tertiary/aromatic N) is 2. The van der Waals surface area contributed by atoms with Crippen molar-refractivity contribution in [2.24, 2.45) is 0 Å². The van der Waals surface area contributed by atoms with E-state index in [1.54, 1.807) is 0 Å². The summed E-state index contributed by atoms with van der Waals surface area (Å²) in [6.45, 7) is 4.21. The lowest BCUT2D eigenvalue weighted by Crippen LogP contribution is -2.12. The Morgan fingerprint density at radius 2 is 2.21 bits per heavy atom. The highest BCUT2D eigenvalue weighted by Crippen LogP contribution is 2.04. The van der Waals surface area contributed by atoms with Gasteiger partial charge in [0.05, 0.1) is 6.54 Å². The van der Waals surface area contributed by atoms with Gasteiger partial charge >= 0.3 is 0 Å². The fourth-order valence-electron chi connectivity index (χ4n) is 1.58. The van der Waals surface area contributed by atoms with Gasteiger partial charge in [0.1, 0.15) is 5.82 Å². The summed E-state index contributed by atoms with van der Waals surface area (Å²) in [7, 11) is 1.95. The zero-order valence-corrected chi connectivity index (χ0v) is 9.29. The van der Waals surface area contributed by atoms with Gasteiger partial charge in [-0.2, -0.15) is 0 Å². The zero-order valence-electron chi connectivity index (χ0n) is 9.29. The van der Waals surface area contributed by atoms with Crippen LogP contribution in [0.5, 0.6) is 0 Å². The number of aryl methyl sites for hydroxylation is 1. The Labute approximate surface area is 86.5 Å². The van der Waals surface area contributed by atoms with Crippen molar-refractivity contribution < 1.29 is 0 Å². The van der Waals surface area contributed by atoms with E-state index in [2.05, 4.69) is 28.0 Å². The Balaban J connectivity index is 2.30. The summed E-state index contributed by atoms with van der Waals surface area (Å²) < 4.78 is 2.24. The molecular weight excluding hydrogens is 174 g/mol. The monoisotopic (exact) mass is 195 g/mol. The van der Waals surface area contributed by atoms with Crippen LogP contribution in [0.1, 0.15) is 38.4 Å². The van der Waals surface area contributed by atoms with Crippen LogP contribution in [0.2, 0.25) is 0 Å². The van der Waals surface area contributed by atoms with Gasteiger partial charge in [-0.3, -0.25) is 0 Å². The van der Waals surface area contributed by atoms with Gasteiger partial charge < -0.3 is 9.88 Å². The third-order valence-electron chi connectivity index (χ3n) is 2.39. The predicted molar refractivity (Wildman–Crippen MR) is 59.1 cm³/mol. The second kappa shape index (κ2) is 6.60. The number of hydrogen-bond acceptors (Lipinski definition) is 2. The van der Waals surface area contributed by atoms with Crippen molar-refractivity contribution in [3.8, 4) is 0 Å². The number of aromatic nitrogens is 2. The SMILES string of the molecule is CCCCCCn1ccnc1CNC. The molecule has 0 aromatic carbocycles. The third-order valence-corrected chi connectivity index (χ3v) is 2.39. The van der Waals surface area contributed by atoms with Gasteiger partial charge in [-0.1, -0.05) is 26.2 Å². The number of hydrogen-bond donors (Lipinski definition) is 1. The van der Waals surface area contributed by atoms with Crippen LogP contribution < -0.4 is 5.32 Å². The van der Waals surface area contributed by atoms with Crippen LogP contribution in [-0.2, 0) is 13.1 Å². The highest BCUT2D eigenvalue weighted by atomic mass is 15.1. The Hall–Kier alpha value is -0.830. The minimum absolute atomic E-state index is 0.862. The fraction of sp³-hybridized carbons (Fsp3) is 0.727. The molecule has 0 saturated carbocycles. The van der Waals surface area contributed by atoms with E-state index < -0.39 is 0 Å². The number of unbranched alkanes of at least 4 members (excludes halogenated alkanes) is 3. The van der Waals surface area contributed by atoms with Crippen molar-refractivity contribution in [1.29, 1.82) is 0 Å². The molecule has 0 spiro atoms. The van der Waals surface area contributed by atoms with Gasteiger partial charge in [-0.05, 0) is 13.5 Å². The van der Waals surface area contributed by atoms with Crippen LogP contribution in [-0.4, -0.2) is 16.6 Å². The molecule has 0 amide bonds. The Morgan fingerprint density at radius 3 is 2.93 bits per heavy atom. The molecule has 0 fully saturated rings. The van der Waals surface area contributed by atoms with Crippen LogP contribution in [0.3, 0.4) is 0 Å². The normalized spacial score (nSPS) is 10.7. The summed E-state index contributed by atoms with van der Waals surface area (Å²) >= 11 is 0. The van der Waals surface area contributed by atoms with E-state index in [1.165, 1.54) is 25.7 Å². The van der Waals surface area contributed by atoms with Crippen LogP contribution in [0.15, 0.2) is 12.4 Å². The first-order valence-electron chi connectivity index (χ1n) is 5.53. The molecule has 3 nitrogen and oxygen atoms in total. The first-order valence-corrected chi connectivity index (χ1v) is 5.53. The van der Waals surface area contributed by atoms with Crippen LogP contribution in [0.25, 0.3) is 0 Å². The average Bonchev–Trinajstić information content (AvgIpc) is 2.61. The maximum atomic E-state index is 4.31. The molecule has 0 aliphatic heterocycles. The van der Waals surface area contributed by atoms with Gasteiger partial charge in [-0.25, -0.2) is 4.98 Å². The number of imidazole rings is 1. The minimum Gasteiger partial charge on any atom is -0.334 e. The molecule has 1 aromatic rings. The fourth-order valence-corrected chi connectivity index (χ4v) is 1.58. The van der Waals surface area contributed by atoms with Gasteiger partial charge in [0.2, 0.25) is 0 Å². The first-order chi connectivity index (χ1) is 6.88. The second-order valence-corrected chi connectivity index (χ2v) is 3.63. The maximum Gasteiger partial charge on any atom is 0.122 e. The van der Waals surface area contributed by atoms with Crippen molar-refractivity contribution in [3.63, 3.8) is 0 Å². The summed E-state index contributed by atoms with van der Waals surface area (Å²) in [5.41, 5.74) is 0. The first kappa shape index (κ1) is 11.2. The molecule has 0 bridgehead atoms. The molecule has 1 heterocycles. The molecule has 0 aliphatic rings. The lowest BCUT2D eigenvalue weighted by Gasteiger charge is -2.06. The van der Waals surface area contributed by atoms with Crippen molar-refractivity contribution >= 4 is 0 Å². The van der Waals surface area contributed by atoms with Crippen molar-refractivity contribution in [1.82, 2.24) is 14.9 Å². The molecule has 0 saturated heterocycles. The van der Waals surface area contributed by atoms with E-state index in [0.29, 0.717) is 0 Å². The van der Waals surface area contributed by atoms with E-state index in [4.69, 9.17) is 0 Å². The molecule has 1 N–H and O–H groups in total.